The van der Waals surface area contributed by atoms with Crippen LogP contribution in [0.2, 0.25) is 0 Å². The van der Waals surface area contributed by atoms with Gasteiger partial charge in [0.1, 0.15) is 6.04 Å². The molecule has 0 unspecified atom stereocenters. The molecule has 7 heteroatoms. The van der Waals surface area contributed by atoms with Gasteiger partial charge in [0.05, 0.1) is 18.3 Å². The molecule has 1 aromatic rings. The Hall–Kier alpha value is -2.41. The zero-order valence-electron chi connectivity index (χ0n) is 15.8. The van der Waals surface area contributed by atoms with Gasteiger partial charge in [-0.15, -0.1) is 0 Å². The topological polar surface area (TPSA) is 93.7 Å². The predicted octanol–water partition coefficient (Wildman–Crippen LogP) is 1.80. The van der Waals surface area contributed by atoms with Crippen LogP contribution >= 0.6 is 0 Å². The summed E-state index contributed by atoms with van der Waals surface area (Å²) in [4.78, 5) is 35.4. The SMILES string of the molecule is CCCNC(=O)[C@@H](C)NC(=O)COC(=O)c1ccc(COC(C)C)cc1. The molecule has 7 nitrogen and oxygen atoms in total. The molecule has 0 radical (unpaired) electrons. The lowest BCUT2D eigenvalue weighted by atomic mass is 10.1. The largest absolute Gasteiger partial charge is 0.452 e. The highest BCUT2D eigenvalue weighted by molar-refractivity contribution is 5.92. The van der Waals surface area contributed by atoms with Gasteiger partial charge in [0, 0.05) is 6.54 Å². The first kappa shape index (κ1) is 21.6. The zero-order chi connectivity index (χ0) is 19.5. The van der Waals surface area contributed by atoms with Crippen molar-refractivity contribution >= 4 is 17.8 Å². The van der Waals surface area contributed by atoms with Crippen LogP contribution in [0.25, 0.3) is 0 Å². The van der Waals surface area contributed by atoms with E-state index in [0.717, 1.165) is 12.0 Å². The second kappa shape index (κ2) is 11.3. The van der Waals surface area contributed by atoms with Gasteiger partial charge in [0.2, 0.25) is 5.91 Å². The minimum Gasteiger partial charge on any atom is -0.452 e. The molecular weight excluding hydrogens is 336 g/mol. The summed E-state index contributed by atoms with van der Waals surface area (Å²) in [6.07, 6.45) is 0.941. The second-order valence-corrected chi connectivity index (χ2v) is 6.21. The molecule has 1 atom stereocenters. The lowest BCUT2D eigenvalue weighted by molar-refractivity contribution is -0.130. The van der Waals surface area contributed by atoms with E-state index in [1.807, 2.05) is 20.8 Å². The highest BCUT2D eigenvalue weighted by Gasteiger charge is 2.16. The molecule has 0 fully saturated rings. The maximum Gasteiger partial charge on any atom is 0.338 e. The van der Waals surface area contributed by atoms with E-state index in [2.05, 4.69) is 10.6 Å². The van der Waals surface area contributed by atoms with Gasteiger partial charge in [-0.3, -0.25) is 9.59 Å². The van der Waals surface area contributed by atoms with Gasteiger partial charge in [0.15, 0.2) is 6.61 Å². The van der Waals surface area contributed by atoms with E-state index in [1.165, 1.54) is 0 Å². The number of amides is 2. The Kier molecular flexibility index (Phi) is 9.36. The summed E-state index contributed by atoms with van der Waals surface area (Å²) in [5, 5.41) is 5.17. The Morgan fingerprint density at radius 1 is 1.08 bits per heavy atom. The van der Waals surface area contributed by atoms with E-state index in [0.29, 0.717) is 18.7 Å². The third-order valence-electron chi connectivity index (χ3n) is 3.43. The Bertz CT molecular complexity index is 598. The van der Waals surface area contributed by atoms with E-state index in [9.17, 15) is 14.4 Å². The minimum atomic E-state index is -0.687. The van der Waals surface area contributed by atoms with Crippen LogP contribution in [0.5, 0.6) is 0 Å². The smallest absolute Gasteiger partial charge is 0.338 e. The normalized spacial score (nSPS) is 11.7. The first-order valence-corrected chi connectivity index (χ1v) is 8.78. The molecule has 0 bridgehead atoms. The van der Waals surface area contributed by atoms with Gasteiger partial charge in [-0.1, -0.05) is 19.1 Å². The van der Waals surface area contributed by atoms with E-state index in [4.69, 9.17) is 9.47 Å². The van der Waals surface area contributed by atoms with Crippen molar-refractivity contribution in [2.75, 3.05) is 13.2 Å². The summed E-state index contributed by atoms with van der Waals surface area (Å²) < 4.78 is 10.5. The predicted molar refractivity (Wildman–Crippen MR) is 97.6 cm³/mol. The van der Waals surface area contributed by atoms with Crippen LogP contribution in [-0.2, 0) is 25.7 Å². The molecule has 1 rings (SSSR count). The van der Waals surface area contributed by atoms with Crippen molar-refractivity contribution in [2.45, 2.75) is 52.9 Å². The van der Waals surface area contributed by atoms with Gasteiger partial charge >= 0.3 is 5.97 Å². The van der Waals surface area contributed by atoms with E-state index in [-0.39, 0.29) is 12.0 Å². The van der Waals surface area contributed by atoms with Crippen molar-refractivity contribution in [1.29, 1.82) is 0 Å². The molecule has 144 valence electrons. The van der Waals surface area contributed by atoms with Crippen LogP contribution in [0.3, 0.4) is 0 Å². The third-order valence-corrected chi connectivity index (χ3v) is 3.43. The van der Waals surface area contributed by atoms with Gasteiger partial charge in [-0.2, -0.15) is 0 Å². The number of carbonyl (C=O) groups is 3. The van der Waals surface area contributed by atoms with Gasteiger partial charge in [0.25, 0.3) is 5.91 Å². The molecule has 0 heterocycles. The summed E-state index contributed by atoms with van der Waals surface area (Å²) in [5.41, 5.74) is 1.29. The maximum atomic E-state index is 12.0. The fourth-order valence-electron chi connectivity index (χ4n) is 1.96. The average Bonchev–Trinajstić information content (AvgIpc) is 2.62. The Balaban J connectivity index is 2.40. The van der Waals surface area contributed by atoms with Crippen LogP contribution in [0.4, 0.5) is 0 Å². The molecule has 2 N–H and O–H groups in total. The number of hydrogen-bond acceptors (Lipinski definition) is 5. The fourth-order valence-corrected chi connectivity index (χ4v) is 1.96. The zero-order valence-corrected chi connectivity index (χ0v) is 15.8. The summed E-state index contributed by atoms with van der Waals surface area (Å²) in [6, 6.07) is 6.12. The van der Waals surface area contributed by atoms with Crippen LogP contribution in [0, 0.1) is 0 Å². The molecule has 0 aliphatic carbocycles. The van der Waals surface area contributed by atoms with Crippen LogP contribution in [-0.4, -0.2) is 43.1 Å². The molecule has 1 aromatic carbocycles. The Labute approximate surface area is 154 Å². The molecule has 0 spiro atoms. The number of nitrogens with one attached hydrogen (secondary N) is 2. The quantitative estimate of drug-likeness (QED) is 0.618. The Morgan fingerprint density at radius 3 is 2.31 bits per heavy atom. The lowest BCUT2D eigenvalue weighted by Crippen LogP contribution is -2.46. The molecule has 2 amide bonds. The standard InChI is InChI=1S/C19H28N2O5/c1-5-10-20-18(23)14(4)21-17(22)12-26-19(24)16-8-6-15(7-9-16)11-25-13(2)3/h6-9,13-14H,5,10-12H2,1-4H3,(H,20,23)(H,21,22)/t14-/m1/s1. The van der Waals surface area contributed by atoms with Crippen LogP contribution < -0.4 is 10.6 Å². The summed E-state index contributed by atoms with van der Waals surface area (Å²) >= 11 is 0. The summed E-state index contributed by atoms with van der Waals surface area (Å²) in [6.45, 7) is 7.98. The van der Waals surface area contributed by atoms with Crippen LogP contribution in [0.15, 0.2) is 24.3 Å². The molecule has 0 aromatic heterocycles. The van der Waals surface area contributed by atoms with Gasteiger partial charge < -0.3 is 20.1 Å². The number of esters is 1. The molecule has 0 aliphatic heterocycles. The molecular formula is C19H28N2O5. The lowest BCUT2D eigenvalue weighted by Gasteiger charge is -2.14. The van der Waals surface area contributed by atoms with E-state index < -0.39 is 24.5 Å². The number of carbonyl (C=O) groups excluding carboxylic acids is 3. The van der Waals surface area contributed by atoms with Crippen molar-refractivity contribution in [2.24, 2.45) is 0 Å². The maximum absolute atomic E-state index is 12.0. The molecule has 26 heavy (non-hydrogen) atoms. The van der Waals surface area contributed by atoms with Crippen molar-refractivity contribution in [1.82, 2.24) is 10.6 Å². The van der Waals surface area contributed by atoms with Crippen molar-refractivity contribution < 1.29 is 23.9 Å². The monoisotopic (exact) mass is 364 g/mol. The highest BCUT2D eigenvalue weighted by atomic mass is 16.5. The van der Waals surface area contributed by atoms with Crippen molar-refractivity contribution in [3.05, 3.63) is 35.4 Å². The number of benzene rings is 1. The van der Waals surface area contributed by atoms with E-state index >= 15 is 0 Å². The minimum absolute atomic E-state index is 0.129. The molecule has 0 aliphatic rings. The highest BCUT2D eigenvalue weighted by Crippen LogP contribution is 2.08. The van der Waals surface area contributed by atoms with E-state index in [1.54, 1.807) is 31.2 Å². The first-order valence-electron chi connectivity index (χ1n) is 8.78. The number of ether oxygens (including phenoxy) is 2. The summed E-state index contributed by atoms with van der Waals surface area (Å²) in [5.74, 6) is -1.40. The number of rotatable bonds is 10. The second-order valence-electron chi connectivity index (χ2n) is 6.21. The van der Waals surface area contributed by atoms with Crippen LogP contribution in [0.1, 0.15) is 50.0 Å². The number of hydrogen-bond donors (Lipinski definition) is 2. The Morgan fingerprint density at radius 2 is 1.73 bits per heavy atom. The molecule has 0 saturated carbocycles. The van der Waals surface area contributed by atoms with Gasteiger partial charge in [-0.25, -0.2) is 4.79 Å². The fraction of sp³-hybridized carbons (Fsp3) is 0.526. The summed E-state index contributed by atoms with van der Waals surface area (Å²) in [7, 11) is 0. The van der Waals surface area contributed by atoms with Gasteiger partial charge in [-0.05, 0) is 44.9 Å². The van der Waals surface area contributed by atoms with Crippen molar-refractivity contribution in [3.63, 3.8) is 0 Å². The average molecular weight is 364 g/mol. The molecule has 0 saturated heterocycles. The van der Waals surface area contributed by atoms with Crippen molar-refractivity contribution in [3.8, 4) is 0 Å². The first-order chi connectivity index (χ1) is 12.3. The third kappa shape index (κ3) is 8.11.